The van der Waals surface area contributed by atoms with E-state index in [-0.39, 0.29) is 26.2 Å². The van der Waals surface area contributed by atoms with E-state index in [0.29, 0.717) is 18.0 Å². The van der Waals surface area contributed by atoms with Crippen LogP contribution in [0.2, 0.25) is 15.1 Å². The maximum absolute atomic E-state index is 12.6. The molecule has 1 heterocycles. The molecule has 0 fully saturated rings. The fourth-order valence-electron chi connectivity index (χ4n) is 2.39. The molecule has 0 saturated carbocycles. The summed E-state index contributed by atoms with van der Waals surface area (Å²) in [4.78, 5) is 26.2. The molecule has 0 N–H and O–H groups in total. The predicted octanol–water partition coefficient (Wildman–Crippen LogP) is 4.85. The molecule has 118 valence electrons. The predicted molar refractivity (Wildman–Crippen MR) is 90.2 cm³/mol. The van der Waals surface area contributed by atoms with E-state index in [1.54, 1.807) is 24.3 Å². The molecule has 2 amide bonds. The van der Waals surface area contributed by atoms with Gasteiger partial charge in [-0.05, 0) is 37.3 Å². The van der Waals surface area contributed by atoms with Gasteiger partial charge in [-0.3, -0.25) is 9.59 Å². The maximum Gasteiger partial charge on any atom is 0.267 e. The molecule has 1 aliphatic heterocycles. The highest BCUT2D eigenvalue weighted by atomic mass is 35.5. The number of hydrogen-bond donors (Lipinski definition) is 0. The minimum absolute atomic E-state index is 0.0130. The van der Waals surface area contributed by atoms with E-state index >= 15 is 0 Å². The van der Waals surface area contributed by atoms with Crippen molar-refractivity contribution in [2.45, 2.75) is 6.92 Å². The van der Waals surface area contributed by atoms with Gasteiger partial charge in [0.05, 0.1) is 38.5 Å². The highest BCUT2D eigenvalue weighted by Crippen LogP contribution is 2.40. The topological polar surface area (TPSA) is 46.6 Å². The summed E-state index contributed by atoms with van der Waals surface area (Å²) in [5, 5.41) is 0.174. The first-order valence-corrected chi connectivity index (χ1v) is 7.88. The van der Waals surface area contributed by atoms with Crippen LogP contribution in [0.25, 0.3) is 0 Å². The third-order valence-electron chi connectivity index (χ3n) is 3.42. The van der Waals surface area contributed by atoms with Crippen LogP contribution in [0.15, 0.2) is 30.3 Å². The Morgan fingerprint density at radius 1 is 1.00 bits per heavy atom. The second kappa shape index (κ2) is 6.04. The molecule has 2 aromatic rings. The SMILES string of the molecule is CCOc1ccc(N2C(=O)c3cc(Cl)c(Cl)c(Cl)c3C2=O)cc1. The number of carbonyl (C=O) groups is 2. The zero-order valence-corrected chi connectivity index (χ0v) is 14.2. The van der Waals surface area contributed by atoms with E-state index in [2.05, 4.69) is 0 Å². The maximum atomic E-state index is 12.6. The molecular formula is C16H10Cl3NO3. The molecule has 0 radical (unpaired) electrons. The van der Waals surface area contributed by atoms with Gasteiger partial charge >= 0.3 is 0 Å². The lowest BCUT2D eigenvalue weighted by molar-refractivity contribution is 0.0926. The second-order valence-corrected chi connectivity index (χ2v) is 5.94. The van der Waals surface area contributed by atoms with Crippen molar-refractivity contribution in [1.82, 2.24) is 0 Å². The number of fused-ring (bicyclic) bond motifs is 1. The quantitative estimate of drug-likeness (QED) is 0.573. The number of anilines is 1. The smallest absolute Gasteiger partial charge is 0.267 e. The average molecular weight is 371 g/mol. The first kappa shape index (κ1) is 16.1. The van der Waals surface area contributed by atoms with Gasteiger partial charge in [-0.1, -0.05) is 34.8 Å². The molecule has 4 nitrogen and oxygen atoms in total. The first-order valence-electron chi connectivity index (χ1n) is 6.74. The fraction of sp³-hybridized carbons (Fsp3) is 0.125. The fourth-order valence-corrected chi connectivity index (χ4v) is 3.08. The number of rotatable bonds is 3. The Morgan fingerprint density at radius 3 is 2.26 bits per heavy atom. The summed E-state index contributed by atoms with van der Waals surface area (Å²) in [6, 6.07) is 7.99. The highest BCUT2D eigenvalue weighted by Gasteiger charge is 2.39. The Morgan fingerprint density at radius 2 is 1.65 bits per heavy atom. The summed E-state index contributed by atoms with van der Waals surface area (Å²) in [6.07, 6.45) is 0. The van der Waals surface area contributed by atoms with Crippen molar-refractivity contribution in [3.05, 3.63) is 56.5 Å². The average Bonchev–Trinajstić information content (AvgIpc) is 2.77. The number of halogens is 3. The van der Waals surface area contributed by atoms with Crippen LogP contribution in [0.1, 0.15) is 27.6 Å². The highest BCUT2D eigenvalue weighted by molar-refractivity contribution is 6.51. The van der Waals surface area contributed by atoms with Gasteiger partial charge in [0, 0.05) is 0 Å². The Labute approximate surface area is 147 Å². The van der Waals surface area contributed by atoms with Crippen molar-refractivity contribution < 1.29 is 14.3 Å². The molecule has 0 unspecified atom stereocenters. The van der Waals surface area contributed by atoms with Crippen LogP contribution in [0.3, 0.4) is 0 Å². The number of nitrogens with zero attached hydrogens (tertiary/aromatic N) is 1. The van der Waals surface area contributed by atoms with Gasteiger partial charge in [0.2, 0.25) is 0 Å². The normalized spacial score (nSPS) is 13.5. The number of hydrogen-bond acceptors (Lipinski definition) is 3. The van der Waals surface area contributed by atoms with Crippen LogP contribution in [-0.4, -0.2) is 18.4 Å². The minimum Gasteiger partial charge on any atom is -0.494 e. The van der Waals surface area contributed by atoms with Gasteiger partial charge in [-0.2, -0.15) is 0 Å². The zero-order valence-electron chi connectivity index (χ0n) is 11.9. The van der Waals surface area contributed by atoms with Gasteiger partial charge in [-0.25, -0.2) is 4.90 Å². The zero-order chi connectivity index (χ0) is 16.7. The molecular weight excluding hydrogens is 361 g/mol. The van der Waals surface area contributed by atoms with E-state index in [4.69, 9.17) is 39.5 Å². The number of amides is 2. The van der Waals surface area contributed by atoms with Crippen molar-refractivity contribution in [2.24, 2.45) is 0 Å². The van der Waals surface area contributed by atoms with Crippen LogP contribution >= 0.6 is 34.8 Å². The third-order valence-corrected chi connectivity index (χ3v) is 4.68. The summed E-state index contributed by atoms with van der Waals surface area (Å²) in [5.41, 5.74) is 0.631. The van der Waals surface area contributed by atoms with Gasteiger partial charge < -0.3 is 4.74 Å². The standard InChI is InChI=1S/C16H10Cl3NO3/c1-2-23-9-5-3-8(4-6-9)20-15(21)10-7-11(17)13(18)14(19)12(10)16(20)22/h3-7H,2H2,1H3. The monoisotopic (exact) mass is 369 g/mol. The summed E-state index contributed by atoms with van der Waals surface area (Å²) in [5.74, 6) is -0.371. The minimum atomic E-state index is -0.530. The number of benzene rings is 2. The molecule has 0 aliphatic carbocycles. The van der Waals surface area contributed by atoms with Crippen molar-refractivity contribution in [3.8, 4) is 5.75 Å². The van der Waals surface area contributed by atoms with Crippen molar-refractivity contribution in [1.29, 1.82) is 0 Å². The Kier molecular flexibility index (Phi) is 4.23. The van der Waals surface area contributed by atoms with Crippen LogP contribution in [0, 0.1) is 0 Å². The van der Waals surface area contributed by atoms with E-state index in [0.717, 1.165) is 4.90 Å². The van der Waals surface area contributed by atoms with E-state index in [9.17, 15) is 9.59 Å². The molecule has 7 heteroatoms. The molecule has 3 rings (SSSR count). The molecule has 0 bridgehead atoms. The summed E-state index contributed by atoms with van der Waals surface area (Å²) in [6.45, 7) is 2.40. The first-order chi connectivity index (χ1) is 11.0. The van der Waals surface area contributed by atoms with E-state index < -0.39 is 11.8 Å². The molecule has 2 aromatic carbocycles. The molecule has 0 spiro atoms. The lowest BCUT2D eigenvalue weighted by Gasteiger charge is -2.14. The largest absolute Gasteiger partial charge is 0.494 e. The van der Waals surface area contributed by atoms with Crippen molar-refractivity contribution in [2.75, 3.05) is 11.5 Å². The lowest BCUT2D eigenvalue weighted by Crippen LogP contribution is -2.29. The van der Waals surface area contributed by atoms with Gasteiger partial charge in [-0.15, -0.1) is 0 Å². The Balaban J connectivity index is 2.05. The Bertz CT molecular complexity index is 818. The van der Waals surface area contributed by atoms with E-state index in [1.807, 2.05) is 6.92 Å². The number of ether oxygens (including phenoxy) is 1. The number of carbonyl (C=O) groups excluding carboxylic acids is 2. The van der Waals surface area contributed by atoms with Gasteiger partial charge in [0.1, 0.15) is 5.75 Å². The summed E-state index contributed by atoms with van der Waals surface area (Å²) < 4.78 is 5.35. The Hall–Kier alpha value is -1.75. The summed E-state index contributed by atoms with van der Waals surface area (Å²) in [7, 11) is 0. The molecule has 0 atom stereocenters. The summed E-state index contributed by atoms with van der Waals surface area (Å²) >= 11 is 18.0. The molecule has 1 aliphatic rings. The van der Waals surface area contributed by atoms with Crippen molar-refractivity contribution >= 4 is 52.3 Å². The van der Waals surface area contributed by atoms with E-state index in [1.165, 1.54) is 6.07 Å². The number of imide groups is 1. The van der Waals surface area contributed by atoms with Crippen LogP contribution in [0.4, 0.5) is 5.69 Å². The second-order valence-electron chi connectivity index (χ2n) is 4.78. The van der Waals surface area contributed by atoms with Gasteiger partial charge in [0.15, 0.2) is 0 Å². The van der Waals surface area contributed by atoms with Gasteiger partial charge in [0.25, 0.3) is 11.8 Å². The van der Waals surface area contributed by atoms with Crippen LogP contribution in [0.5, 0.6) is 5.75 Å². The van der Waals surface area contributed by atoms with Crippen LogP contribution < -0.4 is 9.64 Å². The third kappa shape index (κ3) is 2.57. The molecule has 0 saturated heterocycles. The molecule has 0 aromatic heterocycles. The molecule has 23 heavy (non-hydrogen) atoms. The lowest BCUT2D eigenvalue weighted by atomic mass is 10.1. The van der Waals surface area contributed by atoms with Crippen molar-refractivity contribution in [3.63, 3.8) is 0 Å². The van der Waals surface area contributed by atoms with Crippen LogP contribution in [-0.2, 0) is 0 Å².